The zero-order valence-electron chi connectivity index (χ0n) is 13.9. The first-order chi connectivity index (χ1) is 11.1. The summed E-state index contributed by atoms with van der Waals surface area (Å²) in [4.78, 5) is 11.7. The van der Waals surface area contributed by atoms with Gasteiger partial charge in [-0.15, -0.1) is 0 Å². The predicted octanol–water partition coefficient (Wildman–Crippen LogP) is 3.81. The summed E-state index contributed by atoms with van der Waals surface area (Å²) in [5.41, 5.74) is 9.77. The molecule has 2 atom stereocenters. The van der Waals surface area contributed by atoms with Crippen molar-refractivity contribution < 1.29 is 9.53 Å². The van der Waals surface area contributed by atoms with Crippen molar-refractivity contribution in [2.45, 2.75) is 32.7 Å². The van der Waals surface area contributed by atoms with Gasteiger partial charge in [-0.1, -0.05) is 61.5 Å². The van der Waals surface area contributed by atoms with E-state index in [9.17, 15) is 4.79 Å². The first kappa shape index (κ1) is 17.2. The molecule has 0 fully saturated rings. The summed E-state index contributed by atoms with van der Waals surface area (Å²) < 4.78 is 5.02. The molecule has 2 rings (SSSR count). The number of carbonyl (C=O) groups excluding carboxylic acids is 1. The lowest BCUT2D eigenvalue weighted by Gasteiger charge is -2.16. The molecule has 0 bridgehead atoms. The number of hydrogen-bond acceptors (Lipinski definition) is 3. The van der Waals surface area contributed by atoms with Gasteiger partial charge in [0, 0.05) is 6.04 Å². The Kier molecular flexibility index (Phi) is 6.36. The zero-order chi connectivity index (χ0) is 16.7. The quantitative estimate of drug-likeness (QED) is 0.791. The number of benzene rings is 2. The number of nitrogens with two attached hydrogens (primary N) is 1. The van der Waals surface area contributed by atoms with Crippen LogP contribution in [0.25, 0.3) is 11.1 Å². The van der Waals surface area contributed by atoms with Gasteiger partial charge >= 0.3 is 5.97 Å². The van der Waals surface area contributed by atoms with Crippen molar-refractivity contribution in [3.05, 3.63) is 60.2 Å². The minimum absolute atomic E-state index is 0.0445. The fourth-order valence-corrected chi connectivity index (χ4v) is 2.68. The molecule has 0 aromatic heterocycles. The largest absolute Gasteiger partial charge is 0.466 e. The molecule has 3 nitrogen and oxygen atoms in total. The third-order valence-corrected chi connectivity index (χ3v) is 3.90. The van der Waals surface area contributed by atoms with Gasteiger partial charge in [-0.3, -0.25) is 4.79 Å². The van der Waals surface area contributed by atoms with Crippen LogP contribution in [-0.2, 0) is 16.0 Å². The van der Waals surface area contributed by atoms with Gasteiger partial charge in [0.2, 0.25) is 0 Å². The zero-order valence-corrected chi connectivity index (χ0v) is 13.9. The van der Waals surface area contributed by atoms with E-state index in [0.29, 0.717) is 13.0 Å². The highest BCUT2D eigenvalue weighted by atomic mass is 16.5. The molecule has 0 radical (unpaired) electrons. The predicted molar refractivity (Wildman–Crippen MR) is 94.0 cm³/mol. The van der Waals surface area contributed by atoms with Gasteiger partial charge in [0.1, 0.15) is 0 Å². The van der Waals surface area contributed by atoms with Crippen molar-refractivity contribution in [3.8, 4) is 11.1 Å². The summed E-state index contributed by atoms with van der Waals surface area (Å²) in [5.74, 6) is -0.323. The van der Waals surface area contributed by atoms with E-state index in [-0.39, 0.29) is 17.9 Å². The minimum atomic E-state index is -0.164. The molecule has 0 aliphatic carbocycles. The molecule has 3 heteroatoms. The Bertz CT molecular complexity index is 607. The molecule has 0 heterocycles. The highest BCUT2D eigenvalue weighted by Crippen LogP contribution is 2.20. The third kappa shape index (κ3) is 5.22. The molecule has 2 N–H and O–H groups in total. The van der Waals surface area contributed by atoms with Crippen LogP contribution in [0.3, 0.4) is 0 Å². The van der Waals surface area contributed by atoms with Crippen LogP contribution in [0, 0.1) is 5.92 Å². The second-order valence-corrected chi connectivity index (χ2v) is 5.92. The lowest BCUT2D eigenvalue weighted by Crippen LogP contribution is -2.29. The molecule has 0 aliphatic rings. The van der Waals surface area contributed by atoms with Gasteiger partial charge in [-0.25, -0.2) is 0 Å². The van der Waals surface area contributed by atoms with E-state index in [1.165, 1.54) is 16.7 Å². The Hall–Kier alpha value is -2.13. The average molecular weight is 311 g/mol. The fourth-order valence-electron chi connectivity index (χ4n) is 2.68. The molecule has 0 spiro atoms. The molecule has 0 aliphatic heterocycles. The second kappa shape index (κ2) is 8.49. The Balaban J connectivity index is 1.92. The van der Waals surface area contributed by atoms with Crippen LogP contribution in [0.1, 0.15) is 25.8 Å². The lowest BCUT2D eigenvalue weighted by atomic mass is 9.95. The number of rotatable bonds is 7. The third-order valence-electron chi connectivity index (χ3n) is 3.90. The lowest BCUT2D eigenvalue weighted by molar-refractivity contribution is -0.147. The van der Waals surface area contributed by atoms with E-state index in [0.717, 1.165) is 6.42 Å². The van der Waals surface area contributed by atoms with Crippen LogP contribution in [0.5, 0.6) is 0 Å². The van der Waals surface area contributed by atoms with E-state index < -0.39 is 0 Å². The van der Waals surface area contributed by atoms with Gasteiger partial charge in [-0.05, 0) is 36.5 Å². The number of hydrogen-bond donors (Lipinski definition) is 1. The van der Waals surface area contributed by atoms with Crippen LogP contribution in [0.2, 0.25) is 0 Å². The van der Waals surface area contributed by atoms with Crippen molar-refractivity contribution in [1.29, 1.82) is 0 Å². The minimum Gasteiger partial charge on any atom is -0.466 e. The molecule has 2 aromatic rings. The van der Waals surface area contributed by atoms with Gasteiger partial charge in [0.25, 0.3) is 0 Å². The summed E-state index contributed by atoms with van der Waals surface area (Å²) in [5, 5.41) is 0. The van der Waals surface area contributed by atoms with Crippen molar-refractivity contribution in [2.24, 2.45) is 11.7 Å². The van der Waals surface area contributed by atoms with E-state index in [1.807, 2.05) is 32.0 Å². The monoisotopic (exact) mass is 311 g/mol. The maximum atomic E-state index is 11.7. The van der Waals surface area contributed by atoms with Crippen LogP contribution in [0.4, 0.5) is 0 Å². The summed E-state index contributed by atoms with van der Waals surface area (Å²) in [6.45, 7) is 4.11. The van der Waals surface area contributed by atoms with Gasteiger partial charge < -0.3 is 10.5 Å². The molecular formula is C20H25NO2. The Morgan fingerprint density at radius 2 is 1.65 bits per heavy atom. The Morgan fingerprint density at radius 3 is 2.26 bits per heavy atom. The van der Waals surface area contributed by atoms with E-state index >= 15 is 0 Å². The van der Waals surface area contributed by atoms with Crippen molar-refractivity contribution >= 4 is 5.97 Å². The first-order valence-electron chi connectivity index (χ1n) is 8.16. The maximum absolute atomic E-state index is 11.7. The van der Waals surface area contributed by atoms with Crippen molar-refractivity contribution in [3.63, 3.8) is 0 Å². The van der Waals surface area contributed by atoms with Crippen molar-refractivity contribution in [1.82, 2.24) is 0 Å². The first-order valence-corrected chi connectivity index (χ1v) is 8.16. The summed E-state index contributed by atoms with van der Waals surface area (Å²) in [7, 11) is 0. The Labute approximate surface area is 138 Å². The second-order valence-electron chi connectivity index (χ2n) is 5.92. The average Bonchev–Trinajstić information content (AvgIpc) is 2.56. The molecule has 0 amide bonds. The number of esters is 1. The van der Waals surface area contributed by atoms with E-state index in [1.54, 1.807) is 0 Å². The SMILES string of the molecule is CCOC(=O)[C@H](C)C[C@@H](N)Cc1ccc(-c2ccccc2)cc1. The van der Waals surface area contributed by atoms with Crippen LogP contribution in [0.15, 0.2) is 54.6 Å². The smallest absolute Gasteiger partial charge is 0.308 e. The van der Waals surface area contributed by atoms with Crippen molar-refractivity contribution in [2.75, 3.05) is 6.61 Å². The van der Waals surface area contributed by atoms with Gasteiger partial charge in [-0.2, -0.15) is 0 Å². The van der Waals surface area contributed by atoms with E-state index in [2.05, 4.69) is 36.4 Å². The molecule has 0 saturated carbocycles. The maximum Gasteiger partial charge on any atom is 0.308 e. The summed E-state index contributed by atoms with van der Waals surface area (Å²) in [6.07, 6.45) is 1.40. The van der Waals surface area contributed by atoms with Crippen LogP contribution < -0.4 is 5.73 Å². The van der Waals surface area contributed by atoms with Gasteiger partial charge in [0.15, 0.2) is 0 Å². The molecule has 0 saturated heterocycles. The molecule has 0 unspecified atom stereocenters. The van der Waals surface area contributed by atoms with Gasteiger partial charge in [0.05, 0.1) is 12.5 Å². The molecule has 2 aromatic carbocycles. The highest BCUT2D eigenvalue weighted by molar-refractivity contribution is 5.72. The molecule has 122 valence electrons. The highest BCUT2D eigenvalue weighted by Gasteiger charge is 2.17. The number of ether oxygens (including phenoxy) is 1. The standard InChI is InChI=1S/C20H25NO2/c1-3-23-20(22)15(2)13-19(21)14-16-9-11-18(12-10-16)17-7-5-4-6-8-17/h4-12,15,19H,3,13-14,21H2,1-2H3/t15-,19-/m1/s1. The fraction of sp³-hybridized carbons (Fsp3) is 0.350. The molecule has 23 heavy (non-hydrogen) atoms. The topological polar surface area (TPSA) is 52.3 Å². The summed E-state index contributed by atoms with van der Waals surface area (Å²) >= 11 is 0. The van der Waals surface area contributed by atoms with Crippen LogP contribution in [-0.4, -0.2) is 18.6 Å². The summed E-state index contributed by atoms with van der Waals surface area (Å²) in [6, 6.07) is 18.7. The Morgan fingerprint density at radius 1 is 1.04 bits per heavy atom. The number of carbonyl (C=O) groups is 1. The van der Waals surface area contributed by atoms with E-state index in [4.69, 9.17) is 10.5 Å². The molecular weight excluding hydrogens is 286 g/mol. The normalized spacial score (nSPS) is 13.3. The van der Waals surface area contributed by atoms with Crippen LogP contribution >= 0.6 is 0 Å².